The van der Waals surface area contributed by atoms with Crippen molar-refractivity contribution >= 4 is 23.1 Å². The summed E-state index contributed by atoms with van der Waals surface area (Å²) in [5, 5.41) is 8.24. The molecule has 132 valence electrons. The normalized spacial score (nSPS) is 13.4. The van der Waals surface area contributed by atoms with Gasteiger partial charge in [-0.1, -0.05) is 6.07 Å². The Labute approximate surface area is 154 Å². The summed E-state index contributed by atoms with van der Waals surface area (Å²) in [6.45, 7) is 1.25. The maximum absolute atomic E-state index is 12.0. The predicted octanol–water partition coefficient (Wildman–Crippen LogP) is 2.65. The second-order valence-electron chi connectivity index (χ2n) is 6.45. The van der Waals surface area contributed by atoms with Gasteiger partial charge in [-0.3, -0.25) is 19.3 Å². The second-order valence-corrected chi connectivity index (χ2v) is 6.45. The van der Waals surface area contributed by atoms with Crippen molar-refractivity contribution in [1.82, 2.24) is 25.1 Å². The largest absolute Gasteiger partial charge is 0.360 e. The van der Waals surface area contributed by atoms with E-state index in [-0.39, 0.29) is 5.91 Å². The first kappa shape index (κ1) is 15.5. The summed E-state index contributed by atoms with van der Waals surface area (Å²) < 4.78 is 1.73. The number of nitrogens with zero attached hydrogens (tertiary/aromatic N) is 3. The lowest BCUT2D eigenvalue weighted by atomic mass is 10.0. The molecule has 7 heteroatoms. The molecule has 1 amide bonds. The van der Waals surface area contributed by atoms with Crippen molar-refractivity contribution in [3.8, 4) is 22.5 Å². The van der Waals surface area contributed by atoms with Crippen LogP contribution in [-0.2, 0) is 6.54 Å². The van der Waals surface area contributed by atoms with E-state index in [4.69, 9.17) is 0 Å². The molecule has 0 bridgehead atoms. The van der Waals surface area contributed by atoms with Gasteiger partial charge < -0.3 is 10.3 Å². The number of aromatic nitrogens is 4. The molecule has 0 atom stereocenters. The van der Waals surface area contributed by atoms with E-state index in [2.05, 4.69) is 20.4 Å². The summed E-state index contributed by atoms with van der Waals surface area (Å²) in [7, 11) is 0. The van der Waals surface area contributed by atoms with E-state index in [1.165, 1.54) is 0 Å². The third-order valence-electron chi connectivity index (χ3n) is 4.81. The first-order chi connectivity index (χ1) is 13.2. The molecule has 1 aliphatic rings. The van der Waals surface area contributed by atoms with Crippen LogP contribution >= 0.6 is 0 Å². The molecule has 1 aromatic carbocycles. The number of nitrogens with one attached hydrogen (secondary N) is 2. The Kier molecular flexibility index (Phi) is 3.39. The van der Waals surface area contributed by atoms with Crippen LogP contribution in [0.5, 0.6) is 0 Å². The van der Waals surface area contributed by atoms with E-state index in [0.717, 1.165) is 39.7 Å². The number of hydrogen-bond donors (Lipinski definition) is 2. The van der Waals surface area contributed by atoms with E-state index in [9.17, 15) is 9.59 Å². The van der Waals surface area contributed by atoms with Crippen molar-refractivity contribution in [3.05, 3.63) is 60.0 Å². The van der Waals surface area contributed by atoms with E-state index in [1.54, 1.807) is 23.1 Å². The number of amides is 1. The lowest BCUT2D eigenvalue weighted by Crippen LogP contribution is -2.35. The van der Waals surface area contributed by atoms with Crippen molar-refractivity contribution in [2.45, 2.75) is 6.54 Å². The van der Waals surface area contributed by atoms with Gasteiger partial charge in [-0.15, -0.1) is 0 Å². The predicted molar refractivity (Wildman–Crippen MR) is 100 cm³/mol. The number of aromatic amines is 1. The monoisotopic (exact) mass is 357 g/mol. The molecule has 2 N–H and O–H groups in total. The van der Waals surface area contributed by atoms with Gasteiger partial charge in [0.25, 0.3) is 5.91 Å². The molecule has 0 aliphatic carbocycles. The van der Waals surface area contributed by atoms with Gasteiger partial charge >= 0.3 is 0 Å². The summed E-state index contributed by atoms with van der Waals surface area (Å²) in [6, 6.07) is 11.5. The highest BCUT2D eigenvalue weighted by molar-refractivity contribution is 5.99. The lowest BCUT2D eigenvalue weighted by Gasteiger charge is -2.13. The Bertz CT molecular complexity index is 1200. The molecule has 0 fully saturated rings. The number of aldehydes is 1. The van der Waals surface area contributed by atoms with Crippen LogP contribution in [0, 0.1) is 0 Å². The molecule has 4 aromatic rings. The number of benzene rings is 1. The van der Waals surface area contributed by atoms with Crippen LogP contribution in [-0.4, -0.2) is 38.5 Å². The molecular formula is C20H15N5O2. The van der Waals surface area contributed by atoms with Crippen molar-refractivity contribution < 1.29 is 9.59 Å². The molecule has 0 radical (unpaired) electrons. The van der Waals surface area contributed by atoms with Crippen LogP contribution in [0.4, 0.5) is 0 Å². The average Bonchev–Trinajstić information content (AvgIpc) is 3.32. The minimum atomic E-state index is -0.103. The van der Waals surface area contributed by atoms with Gasteiger partial charge in [0.1, 0.15) is 5.69 Å². The number of carbonyl (C=O) groups excluding carboxylic acids is 2. The molecule has 27 heavy (non-hydrogen) atoms. The Morgan fingerprint density at radius 3 is 2.81 bits per heavy atom. The summed E-state index contributed by atoms with van der Waals surface area (Å²) in [6.07, 6.45) is 4.27. The van der Waals surface area contributed by atoms with Crippen LogP contribution in [0.1, 0.15) is 20.8 Å². The number of fused-ring (bicyclic) bond motifs is 2. The highest BCUT2D eigenvalue weighted by Gasteiger charge is 2.20. The third-order valence-corrected chi connectivity index (χ3v) is 4.81. The van der Waals surface area contributed by atoms with Crippen molar-refractivity contribution in [2.75, 3.05) is 6.54 Å². The van der Waals surface area contributed by atoms with Crippen molar-refractivity contribution in [1.29, 1.82) is 0 Å². The second kappa shape index (κ2) is 5.91. The molecule has 0 spiro atoms. The number of carbonyl (C=O) groups is 2. The highest BCUT2D eigenvalue weighted by atomic mass is 16.2. The molecule has 4 heterocycles. The minimum absolute atomic E-state index is 0.103. The van der Waals surface area contributed by atoms with Crippen molar-refractivity contribution in [2.24, 2.45) is 0 Å². The van der Waals surface area contributed by atoms with Crippen LogP contribution in [0.3, 0.4) is 0 Å². The van der Waals surface area contributed by atoms with Gasteiger partial charge in [0.2, 0.25) is 0 Å². The quantitative estimate of drug-likeness (QED) is 0.551. The number of hydrogen-bond acceptors (Lipinski definition) is 4. The first-order valence-electron chi connectivity index (χ1n) is 8.62. The molecule has 3 aromatic heterocycles. The zero-order valence-electron chi connectivity index (χ0n) is 14.3. The lowest BCUT2D eigenvalue weighted by molar-refractivity contribution is 0.0924. The maximum atomic E-state index is 12.0. The third kappa shape index (κ3) is 2.52. The van der Waals surface area contributed by atoms with Crippen LogP contribution in [0.2, 0.25) is 0 Å². The SMILES string of the molecule is O=Cc1c[nH]c2ccc(-c3cc(-c4cc5n(n4)CCNC5=O)ccn3)cc12. The van der Waals surface area contributed by atoms with Crippen LogP contribution < -0.4 is 5.32 Å². The van der Waals surface area contributed by atoms with Crippen LogP contribution in [0.25, 0.3) is 33.4 Å². The Balaban J connectivity index is 1.58. The molecule has 0 unspecified atom stereocenters. The zero-order chi connectivity index (χ0) is 18.4. The topological polar surface area (TPSA) is 92.7 Å². The first-order valence-corrected chi connectivity index (χ1v) is 8.62. The Morgan fingerprint density at radius 1 is 1.07 bits per heavy atom. The molecule has 5 rings (SSSR count). The van der Waals surface area contributed by atoms with Gasteiger partial charge in [-0.25, -0.2) is 0 Å². The average molecular weight is 357 g/mol. The van der Waals surface area contributed by atoms with Gasteiger partial charge in [0.15, 0.2) is 6.29 Å². The van der Waals surface area contributed by atoms with Gasteiger partial charge in [0.05, 0.1) is 17.9 Å². The highest BCUT2D eigenvalue weighted by Crippen LogP contribution is 2.28. The Morgan fingerprint density at radius 2 is 1.96 bits per heavy atom. The fourth-order valence-corrected chi connectivity index (χ4v) is 3.42. The van der Waals surface area contributed by atoms with Gasteiger partial charge in [-0.05, 0) is 30.3 Å². The van der Waals surface area contributed by atoms with E-state index in [0.29, 0.717) is 24.3 Å². The summed E-state index contributed by atoms with van der Waals surface area (Å²) in [5.41, 5.74) is 5.41. The molecule has 7 nitrogen and oxygen atoms in total. The summed E-state index contributed by atoms with van der Waals surface area (Å²) in [4.78, 5) is 30.7. The van der Waals surface area contributed by atoms with Crippen molar-refractivity contribution in [3.63, 3.8) is 0 Å². The number of pyridine rings is 1. The molecular weight excluding hydrogens is 342 g/mol. The van der Waals surface area contributed by atoms with Gasteiger partial charge in [-0.2, -0.15) is 5.10 Å². The maximum Gasteiger partial charge on any atom is 0.269 e. The molecule has 0 saturated heterocycles. The fraction of sp³-hybridized carbons (Fsp3) is 0.100. The molecule has 1 aliphatic heterocycles. The summed E-state index contributed by atoms with van der Waals surface area (Å²) >= 11 is 0. The molecule has 0 saturated carbocycles. The van der Waals surface area contributed by atoms with E-state index in [1.807, 2.05) is 30.3 Å². The zero-order valence-corrected chi connectivity index (χ0v) is 14.3. The number of H-pyrrole nitrogens is 1. The van der Waals surface area contributed by atoms with Crippen LogP contribution in [0.15, 0.2) is 48.8 Å². The Hall–Kier alpha value is -3.74. The van der Waals surface area contributed by atoms with E-state index >= 15 is 0 Å². The fourth-order valence-electron chi connectivity index (χ4n) is 3.42. The number of rotatable bonds is 3. The smallest absolute Gasteiger partial charge is 0.269 e. The minimum Gasteiger partial charge on any atom is -0.360 e. The standard InChI is InChI=1S/C20H15N5O2/c26-11-14-10-23-16-2-1-12(7-15(14)16)17-8-13(3-4-21-17)18-9-19-20(27)22-5-6-25(19)24-18/h1-4,7-11,23H,5-6H2,(H,22,27). The van der Waals surface area contributed by atoms with Gasteiger partial charge in [0, 0.05) is 46.5 Å². The van der Waals surface area contributed by atoms with E-state index < -0.39 is 0 Å². The summed E-state index contributed by atoms with van der Waals surface area (Å²) in [5.74, 6) is -0.103.